The number of nitrogens with one attached hydrogen (secondary N) is 1. The maximum atomic E-state index is 12.5. The van der Waals surface area contributed by atoms with Gasteiger partial charge >= 0.3 is 5.97 Å². The van der Waals surface area contributed by atoms with Crippen LogP contribution in [0.15, 0.2) is 51.9 Å². The van der Waals surface area contributed by atoms with Crippen molar-refractivity contribution in [1.82, 2.24) is 14.8 Å². The van der Waals surface area contributed by atoms with Crippen molar-refractivity contribution in [3.05, 3.63) is 48.1 Å². The van der Waals surface area contributed by atoms with Gasteiger partial charge in [0.25, 0.3) is 0 Å². The fraction of sp³-hybridized carbons (Fsp3) is 0.312. The molecule has 1 unspecified atom stereocenters. The predicted octanol–water partition coefficient (Wildman–Crippen LogP) is 3.00. The minimum absolute atomic E-state index is 0.141. The van der Waals surface area contributed by atoms with Gasteiger partial charge in [-0.3, -0.25) is 0 Å². The van der Waals surface area contributed by atoms with Gasteiger partial charge < -0.3 is 14.5 Å². The number of fused-ring (bicyclic) bond motifs is 1. The molecule has 0 aromatic carbocycles. The molecule has 1 N–H and O–H groups in total. The number of hydrogen-bond acceptors (Lipinski definition) is 7. The molecule has 7 nitrogen and oxygen atoms in total. The Balaban J connectivity index is 2.06. The lowest BCUT2D eigenvalue weighted by molar-refractivity contribution is -0.138. The number of hydrogen-bond donors (Lipinski definition) is 1. The van der Waals surface area contributed by atoms with Crippen LogP contribution in [0.4, 0.5) is 5.95 Å². The summed E-state index contributed by atoms with van der Waals surface area (Å²) in [4.78, 5) is 17.0. The molecule has 0 saturated heterocycles. The van der Waals surface area contributed by atoms with Crippen molar-refractivity contribution < 1.29 is 13.9 Å². The third kappa shape index (κ3) is 2.96. The Morgan fingerprint density at radius 2 is 2.46 bits per heavy atom. The second-order valence-electron chi connectivity index (χ2n) is 5.06. The fourth-order valence-corrected chi connectivity index (χ4v) is 3.06. The molecule has 24 heavy (non-hydrogen) atoms. The van der Waals surface area contributed by atoms with Gasteiger partial charge in [-0.05, 0) is 24.8 Å². The van der Waals surface area contributed by atoms with Crippen LogP contribution in [0.2, 0.25) is 0 Å². The first-order chi connectivity index (χ1) is 11.7. The number of furan rings is 1. The SMILES string of the molecule is C=CCOC(=O)C1=C(C)Nc2nc(SCC)nn2C1c1ccco1. The number of esters is 1. The average Bonchev–Trinajstić information content (AvgIpc) is 3.20. The van der Waals surface area contributed by atoms with E-state index in [1.165, 1.54) is 17.8 Å². The zero-order valence-corrected chi connectivity index (χ0v) is 14.3. The van der Waals surface area contributed by atoms with Crippen LogP contribution < -0.4 is 5.32 Å². The minimum Gasteiger partial charge on any atom is -0.467 e. The summed E-state index contributed by atoms with van der Waals surface area (Å²) in [6, 6.07) is 3.06. The van der Waals surface area contributed by atoms with E-state index in [-0.39, 0.29) is 6.61 Å². The van der Waals surface area contributed by atoms with Crippen LogP contribution in [0.3, 0.4) is 0 Å². The highest BCUT2D eigenvalue weighted by Gasteiger charge is 2.36. The molecule has 0 amide bonds. The number of nitrogens with zero attached hydrogens (tertiary/aromatic N) is 3. The number of allylic oxidation sites excluding steroid dienone is 1. The van der Waals surface area contributed by atoms with Gasteiger partial charge in [0.15, 0.2) is 0 Å². The van der Waals surface area contributed by atoms with E-state index in [0.29, 0.717) is 28.1 Å². The molecule has 0 spiro atoms. The zero-order chi connectivity index (χ0) is 17.1. The summed E-state index contributed by atoms with van der Waals surface area (Å²) in [6.07, 6.45) is 3.10. The third-order valence-corrected chi connectivity index (χ3v) is 4.19. The van der Waals surface area contributed by atoms with Crippen LogP contribution >= 0.6 is 11.8 Å². The lowest BCUT2D eigenvalue weighted by Gasteiger charge is -2.26. The number of carbonyl (C=O) groups is 1. The van der Waals surface area contributed by atoms with Crippen molar-refractivity contribution in [3.63, 3.8) is 0 Å². The van der Waals surface area contributed by atoms with E-state index in [2.05, 4.69) is 22.0 Å². The minimum atomic E-state index is -0.521. The van der Waals surface area contributed by atoms with Crippen molar-refractivity contribution in [2.24, 2.45) is 0 Å². The molecule has 0 saturated carbocycles. The molecule has 2 aromatic rings. The van der Waals surface area contributed by atoms with Crippen molar-refractivity contribution in [2.75, 3.05) is 17.7 Å². The summed E-state index contributed by atoms with van der Waals surface area (Å²) in [7, 11) is 0. The summed E-state index contributed by atoms with van der Waals surface area (Å²) in [5.74, 6) is 1.59. The molecule has 126 valence electrons. The Morgan fingerprint density at radius 3 is 3.12 bits per heavy atom. The van der Waals surface area contributed by atoms with Gasteiger partial charge in [0, 0.05) is 5.70 Å². The number of anilines is 1. The molecule has 1 aliphatic rings. The second kappa shape index (κ2) is 6.96. The Kier molecular flexibility index (Phi) is 4.75. The fourth-order valence-electron chi connectivity index (χ4n) is 2.51. The smallest absolute Gasteiger partial charge is 0.338 e. The van der Waals surface area contributed by atoms with Crippen molar-refractivity contribution >= 4 is 23.7 Å². The molecule has 8 heteroatoms. The lowest BCUT2D eigenvalue weighted by Crippen LogP contribution is -2.29. The third-order valence-electron chi connectivity index (χ3n) is 3.47. The Hall–Kier alpha value is -2.48. The van der Waals surface area contributed by atoms with E-state index in [4.69, 9.17) is 9.15 Å². The van der Waals surface area contributed by atoms with Gasteiger partial charge in [0.05, 0.1) is 11.8 Å². The Morgan fingerprint density at radius 1 is 1.62 bits per heavy atom. The van der Waals surface area contributed by atoms with Crippen molar-refractivity contribution in [1.29, 1.82) is 0 Å². The van der Waals surface area contributed by atoms with Crippen LogP contribution in [0.1, 0.15) is 25.6 Å². The monoisotopic (exact) mass is 346 g/mol. The van der Waals surface area contributed by atoms with Crippen LogP contribution in [-0.4, -0.2) is 33.1 Å². The average molecular weight is 346 g/mol. The summed E-state index contributed by atoms with van der Waals surface area (Å²) < 4.78 is 12.4. The summed E-state index contributed by atoms with van der Waals surface area (Å²) >= 11 is 1.53. The summed E-state index contributed by atoms with van der Waals surface area (Å²) in [5, 5.41) is 8.28. The zero-order valence-electron chi connectivity index (χ0n) is 13.5. The molecule has 1 atom stereocenters. The molecule has 0 aliphatic carbocycles. The molecule has 0 bridgehead atoms. The largest absolute Gasteiger partial charge is 0.467 e. The normalized spacial score (nSPS) is 16.5. The van der Waals surface area contributed by atoms with Crippen LogP contribution in [0.25, 0.3) is 0 Å². The quantitative estimate of drug-likeness (QED) is 0.489. The first-order valence-corrected chi connectivity index (χ1v) is 8.52. The molecule has 0 radical (unpaired) electrons. The highest BCUT2D eigenvalue weighted by atomic mass is 32.2. The topological polar surface area (TPSA) is 82.2 Å². The maximum absolute atomic E-state index is 12.5. The molecule has 0 fully saturated rings. The van der Waals surface area contributed by atoms with Gasteiger partial charge in [-0.2, -0.15) is 4.98 Å². The molecule has 1 aliphatic heterocycles. The molecule has 3 heterocycles. The predicted molar refractivity (Wildman–Crippen MR) is 90.7 cm³/mol. The van der Waals surface area contributed by atoms with Crippen LogP contribution in [0, 0.1) is 0 Å². The molecular formula is C16H18N4O3S. The van der Waals surface area contributed by atoms with E-state index < -0.39 is 12.0 Å². The first-order valence-electron chi connectivity index (χ1n) is 7.54. The van der Waals surface area contributed by atoms with E-state index >= 15 is 0 Å². The first kappa shape index (κ1) is 16.4. The van der Waals surface area contributed by atoms with Gasteiger partial charge in [0.2, 0.25) is 11.1 Å². The molecule has 2 aromatic heterocycles. The van der Waals surface area contributed by atoms with Crippen molar-refractivity contribution in [3.8, 4) is 0 Å². The summed E-state index contributed by atoms with van der Waals surface area (Å²) in [5.41, 5.74) is 1.11. The highest BCUT2D eigenvalue weighted by Crippen LogP contribution is 2.36. The summed E-state index contributed by atoms with van der Waals surface area (Å²) in [6.45, 7) is 7.55. The van der Waals surface area contributed by atoms with Crippen LogP contribution in [-0.2, 0) is 9.53 Å². The van der Waals surface area contributed by atoms with E-state index in [0.717, 1.165) is 5.75 Å². The maximum Gasteiger partial charge on any atom is 0.338 e. The van der Waals surface area contributed by atoms with E-state index in [1.807, 2.05) is 19.9 Å². The number of thioether (sulfide) groups is 1. The number of carbonyl (C=O) groups excluding carboxylic acids is 1. The lowest BCUT2D eigenvalue weighted by atomic mass is 10.0. The van der Waals surface area contributed by atoms with Gasteiger partial charge in [-0.25, -0.2) is 9.48 Å². The van der Waals surface area contributed by atoms with E-state index in [1.54, 1.807) is 17.0 Å². The number of ether oxygens (including phenoxy) is 1. The van der Waals surface area contributed by atoms with E-state index in [9.17, 15) is 4.79 Å². The number of rotatable bonds is 6. The van der Waals surface area contributed by atoms with Crippen LogP contribution in [0.5, 0.6) is 0 Å². The Labute approximate surface area is 143 Å². The highest BCUT2D eigenvalue weighted by molar-refractivity contribution is 7.99. The standard InChI is InChI=1S/C16H18N4O3S/c1-4-8-23-14(21)12-10(3)17-15-18-16(24-5-2)19-20(15)13(12)11-7-6-9-22-11/h4,6-7,9,13H,1,5,8H2,2-3H3,(H,17,18,19). The Bertz CT molecular complexity index is 779. The van der Waals surface area contributed by atoms with Gasteiger partial charge in [-0.1, -0.05) is 31.3 Å². The van der Waals surface area contributed by atoms with Gasteiger partial charge in [0.1, 0.15) is 18.4 Å². The molecule has 3 rings (SSSR count). The molecular weight excluding hydrogens is 328 g/mol. The van der Waals surface area contributed by atoms with Crippen molar-refractivity contribution in [2.45, 2.75) is 25.0 Å². The number of aromatic nitrogens is 3. The second-order valence-corrected chi connectivity index (χ2v) is 6.30. The van der Waals surface area contributed by atoms with Gasteiger partial charge in [-0.15, -0.1) is 5.10 Å².